The number of ether oxygens (including phenoxy) is 1. The largest absolute Gasteiger partial charge is 0.447 e. The Kier molecular flexibility index (Phi) is 4.34. The van der Waals surface area contributed by atoms with E-state index in [1.165, 1.54) is 11.6 Å². The van der Waals surface area contributed by atoms with Crippen LogP contribution in [0.2, 0.25) is 0 Å². The van der Waals surface area contributed by atoms with Crippen molar-refractivity contribution in [2.45, 2.75) is 39.5 Å². The number of halogens is 3. The minimum absolute atomic E-state index is 0.0793. The second kappa shape index (κ2) is 6.20. The SMILES string of the molecule is Cc1nn(-c2ccccc2)c(C)c1[C@H](OC(=O)[C@H]1C[C@@H]1C)C(F)(F)F. The van der Waals surface area contributed by atoms with E-state index in [0.29, 0.717) is 17.8 Å². The van der Waals surface area contributed by atoms with E-state index in [0.717, 1.165) is 0 Å². The molecule has 134 valence electrons. The lowest BCUT2D eigenvalue weighted by molar-refractivity contribution is -0.225. The molecular weight excluding hydrogens is 333 g/mol. The molecule has 3 rings (SSSR count). The molecule has 1 aliphatic carbocycles. The van der Waals surface area contributed by atoms with Gasteiger partial charge in [-0.25, -0.2) is 4.68 Å². The number of hydrogen-bond donors (Lipinski definition) is 0. The van der Waals surface area contributed by atoms with Gasteiger partial charge in [0, 0.05) is 11.3 Å². The van der Waals surface area contributed by atoms with Gasteiger partial charge in [0.1, 0.15) is 0 Å². The van der Waals surface area contributed by atoms with E-state index in [1.807, 2.05) is 13.0 Å². The smallest absolute Gasteiger partial charge is 0.429 e. The molecule has 0 bridgehead atoms. The Balaban J connectivity index is 1.99. The Labute approximate surface area is 143 Å². The highest BCUT2D eigenvalue weighted by molar-refractivity contribution is 5.76. The standard InChI is InChI=1S/C18H19F3N2O2/c1-10-9-14(10)17(24)25-16(18(19,20)21)15-11(2)22-23(12(15)3)13-7-5-4-6-8-13/h4-8,10,14,16H,9H2,1-3H3/t10-,14-,16-/m0/s1. The topological polar surface area (TPSA) is 44.1 Å². The molecule has 7 heteroatoms. The molecule has 3 atom stereocenters. The normalized spacial score (nSPS) is 21.0. The summed E-state index contributed by atoms with van der Waals surface area (Å²) in [5.41, 5.74) is 1.05. The van der Waals surface area contributed by atoms with Crippen LogP contribution in [0.1, 0.15) is 36.4 Å². The molecule has 0 saturated heterocycles. The third-order valence-electron chi connectivity index (χ3n) is 4.55. The zero-order valence-electron chi connectivity index (χ0n) is 14.2. The summed E-state index contributed by atoms with van der Waals surface area (Å²) in [6.45, 7) is 4.86. The number of alkyl halides is 3. The second-order valence-corrected chi connectivity index (χ2v) is 6.51. The molecule has 1 aliphatic rings. The lowest BCUT2D eigenvalue weighted by atomic mass is 10.1. The van der Waals surface area contributed by atoms with E-state index >= 15 is 0 Å². The number of hydrogen-bond acceptors (Lipinski definition) is 3. The van der Waals surface area contributed by atoms with Gasteiger partial charge in [-0.2, -0.15) is 18.3 Å². The van der Waals surface area contributed by atoms with Gasteiger partial charge >= 0.3 is 12.1 Å². The summed E-state index contributed by atoms with van der Waals surface area (Å²) in [5, 5.41) is 4.22. The summed E-state index contributed by atoms with van der Waals surface area (Å²) >= 11 is 0. The first-order chi connectivity index (χ1) is 11.7. The molecule has 0 radical (unpaired) electrons. The van der Waals surface area contributed by atoms with Crippen molar-refractivity contribution in [1.29, 1.82) is 0 Å². The van der Waals surface area contributed by atoms with E-state index in [1.54, 1.807) is 31.2 Å². The number of carbonyl (C=O) groups is 1. The Morgan fingerprint density at radius 3 is 2.40 bits per heavy atom. The average Bonchev–Trinajstić information content (AvgIpc) is 3.21. The first kappa shape index (κ1) is 17.5. The molecular formula is C18H19F3N2O2. The zero-order valence-corrected chi connectivity index (χ0v) is 14.2. The highest BCUT2D eigenvalue weighted by Crippen LogP contribution is 2.44. The quantitative estimate of drug-likeness (QED) is 0.771. The van der Waals surface area contributed by atoms with Gasteiger partial charge in [-0.05, 0) is 38.3 Å². The van der Waals surface area contributed by atoms with Gasteiger partial charge in [0.15, 0.2) is 0 Å². The number of nitrogens with zero attached hydrogens (tertiary/aromatic N) is 2. The van der Waals surface area contributed by atoms with Crippen LogP contribution in [0, 0.1) is 25.7 Å². The fraction of sp³-hybridized carbons (Fsp3) is 0.444. The van der Waals surface area contributed by atoms with Crippen molar-refractivity contribution < 1.29 is 22.7 Å². The maximum atomic E-state index is 13.6. The van der Waals surface area contributed by atoms with Crippen LogP contribution in [-0.4, -0.2) is 21.9 Å². The molecule has 1 fully saturated rings. The lowest BCUT2D eigenvalue weighted by Gasteiger charge is -2.21. The fourth-order valence-electron chi connectivity index (χ4n) is 3.00. The van der Waals surface area contributed by atoms with Crippen LogP contribution in [0.15, 0.2) is 30.3 Å². The zero-order chi connectivity index (χ0) is 18.4. The minimum Gasteiger partial charge on any atom is -0.447 e. The summed E-state index contributed by atoms with van der Waals surface area (Å²) in [5.74, 6) is -1.15. The minimum atomic E-state index is -4.70. The lowest BCUT2D eigenvalue weighted by Crippen LogP contribution is -2.28. The molecule has 25 heavy (non-hydrogen) atoms. The fourth-order valence-corrected chi connectivity index (χ4v) is 3.00. The number of esters is 1. The molecule has 1 heterocycles. The van der Waals surface area contributed by atoms with E-state index in [-0.39, 0.29) is 17.2 Å². The first-order valence-corrected chi connectivity index (χ1v) is 8.09. The maximum Gasteiger partial charge on any atom is 0.429 e. The molecule has 1 aromatic carbocycles. The summed E-state index contributed by atoms with van der Waals surface area (Å²) < 4.78 is 47.1. The molecule has 1 saturated carbocycles. The van der Waals surface area contributed by atoms with Gasteiger partial charge in [0.25, 0.3) is 0 Å². The Hall–Kier alpha value is -2.31. The van der Waals surface area contributed by atoms with E-state index in [4.69, 9.17) is 4.74 Å². The maximum absolute atomic E-state index is 13.6. The number of para-hydroxylation sites is 1. The van der Waals surface area contributed by atoms with Crippen molar-refractivity contribution in [2.24, 2.45) is 11.8 Å². The predicted octanol–water partition coefficient (Wildman–Crippen LogP) is 4.29. The number of rotatable bonds is 4. The third kappa shape index (κ3) is 3.41. The van der Waals surface area contributed by atoms with Crippen LogP contribution in [0.4, 0.5) is 13.2 Å². The molecule has 0 unspecified atom stereocenters. The van der Waals surface area contributed by atoms with Crippen molar-refractivity contribution in [3.8, 4) is 5.69 Å². The van der Waals surface area contributed by atoms with Crippen LogP contribution < -0.4 is 0 Å². The predicted molar refractivity (Wildman–Crippen MR) is 85.2 cm³/mol. The number of aryl methyl sites for hydroxylation is 1. The number of benzene rings is 1. The molecule has 1 aromatic heterocycles. The average molecular weight is 352 g/mol. The van der Waals surface area contributed by atoms with Crippen LogP contribution in [0.25, 0.3) is 5.69 Å². The number of aromatic nitrogens is 2. The van der Waals surface area contributed by atoms with Crippen molar-refractivity contribution >= 4 is 5.97 Å². The van der Waals surface area contributed by atoms with Crippen molar-refractivity contribution in [3.05, 3.63) is 47.3 Å². The van der Waals surface area contributed by atoms with Crippen LogP contribution >= 0.6 is 0 Å². The van der Waals surface area contributed by atoms with E-state index in [9.17, 15) is 18.0 Å². The van der Waals surface area contributed by atoms with Gasteiger partial charge in [-0.15, -0.1) is 0 Å². The van der Waals surface area contributed by atoms with Crippen molar-refractivity contribution in [1.82, 2.24) is 9.78 Å². The second-order valence-electron chi connectivity index (χ2n) is 6.51. The monoisotopic (exact) mass is 352 g/mol. The van der Waals surface area contributed by atoms with Crippen LogP contribution in [0.3, 0.4) is 0 Å². The third-order valence-corrected chi connectivity index (χ3v) is 4.55. The van der Waals surface area contributed by atoms with Gasteiger partial charge in [0.05, 0.1) is 17.3 Å². The van der Waals surface area contributed by atoms with Gasteiger partial charge in [0.2, 0.25) is 6.10 Å². The number of carbonyl (C=O) groups excluding carboxylic acids is 1. The van der Waals surface area contributed by atoms with Gasteiger partial charge in [-0.1, -0.05) is 25.1 Å². The van der Waals surface area contributed by atoms with Crippen LogP contribution in [0.5, 0.6) is 0 Å². The molecule has 0 spiro atoms. The summed E-state index contributed by atoms with van der Waals surface area (Å²) in [6, 6.07) is 8.88. The van der Waals surface area contributed by atoms with Gasteiger partial charge < -0.3 is 4.74 Å². The highest BCUT2D eigenvalue weighted by atomic mass is 19.4. The Morgan fingerprint density at radius 1 is 1.28 bits per heavy atom. The molecule has 0 amide bonds. The van der Waals surface area contributed by atoms with Crippen LogP contribution in [-0.2, 0) is 9.53 Å². The molecule has 4 nitrogen and oxygen atoms in total. The molecule has 0 N–H and O–H groups in total. The summed E-state index contributed by atoms with van der Waals surface area (Å²) in [7, 11) is 0. The summed E-state index contributed by atoms with van der Waals surface area (Å²) in [6.07, 6.45) is -6.43. The molecule has 2 aromatic rings. The Morgan fingerprint density at radius 2 is 1.88 bits per heavy atom. The Bertz CT molecular complexity index is 784. The van der Waals surface area contributed by atoms with Gasteiger partial charge in [-0.3, -0.25) is 4.79 Å². The van der Waals surface area contributed by atoms with E-state index in [2.05, 4.69) is 5.10 Å². The first-order valence-electron chi connectivity index (χ1n) is 8.09. The highest BCUT2D eigenvalue weighted by Gasteiger charge is 2.50. The van der Waals surface area contributed by atoms with Crippen molar-refractivity contribution in [2.75, 3.05) is 0 Å². The van der Waals surface area contributed by atoms with E-state index < -0.39 is 24.2 Å². The summed E-state index contributed by atoms with van der Waals surface area (Å²) in [4.78, 5) is 12.0. The molecule has 0 aliphatic heterocycles. The van der Waals surface area contributed by atoms with Crippen molar-refractivity contribution in [3.63, 3.8) is 0 Å².